The van der Waals surface area contributed by atoms with E-state index in [0.29, 0.717) is 45.6 Å². The van der Waals surface area contributed by atoms with Crippen molar-refractivity contribution in [2.45, 2.75) is 6.54 Å². The smallest absolute Gasteiger partial charge is 0.359 e. The average molecular weight is 435 g/mol. The van der Waals surface area contributed by atoms with Gasteiger partial charge in [-0.25, -0.2) is 18.6 Å². The zero-order valence-corrected chi connectivity index (χ0v) is 15.8. The molecule has 0 unspecified atom stereocenters. The number of nitrogens with one attached hydrogen (secondary N) is 1. The first-order valence-corrected chi connectivity index (χ1v) is 10.2. The summed E-state index contributed by atoms with van der Waals surface area (Å²) in [6.45, 7) is -0.346. The lowest BCUT2D eigenvalue weighted by Crippen LogP contribution is -2.20. The number of hydrogen-bond acceptors (Lipinski definition) is 5. The molecule has 0 atom stereocenters. The highest BCUT2D eigenvalue weighted by Gasteiger charge is 2.25. The number of fused-ring (bicyclic) bond motifs is 5. The van der Waals surface area contributed by atoms with Gasteiger partial charge in [0, 0.05) is 10.9 Å². The van der Waals surface area contributed by atoms with Gasteiger partial charge in [0.1, 0.15) is 22.5 Å². The highest BCUT2D eigenvalue weighted by molar-refractivity contribution is 7.60. The fourth-order valence-corrected chi connectivity index (χ4v) is 4.15. The highest BCUT2D eigenvalue weighted by Crippen LogP contribution is 2.40. The van der Waals surface area contributed by atoms with Crippen LogP contribution in [-0.2, 0) is 11.1 Å². The number of halogens is 2. The highest BCUT2D eigenvalue weighted by atomic mass is 31.2. The maximum atomic E-state index is 14.5. The van der Waals surface area contributed by atoms with Crippen molar-refractivity contribution in [3.63, 3.8) is 0 Å². The molecule has 154 valence electrons. The third-order valence-electron chi connectivity index (χ3n) is 4.86. The lowest BCUT2D eigenvalue weighted by Gasteiger charge is -2.11. The van der Waals surface area contributed by atoms with Crippen molar-refractivity contribution < 1.29 is 32.6 Å². The Balaban J connectivity index is 1.71. The number of hydrogen-bond donors (Lipinski definition) is 3. The Hall–Kier alpha value is -3.27. The molecule has 0 aliphatic carbocycles. The molecule has 0 bridgehead atoms. The molecule has 12 heteroatoms. The standard InChI is InChI=1S/C18H12F2N3O6P/c19-10-4-14(30(25,26)27)11(20)3-8(10)6-23-16-9-1-2-13-17(29-7-28-13)15(9)21-5-12(16)22-18(23)24/h1-5H,6-7H2,(H,22,24)(H2,25,26,27). The predicted molar refractivity (Wildman–Crippen MR) is 101 cm³/mol. The molecule has 0 saturated heterocycles. The zero-order chi connectivity index (χ0) is 21.2. The largest absolute Gasteiger partial charge is 0.454 e. The molecule has 0 saturated carbocycles. The molecule has 0 radical (unpaired) electrons. The van der Waals surface area contributed by atoms with Gasteiger partial charge in [0.15, 0.2) is 11.5 Å². The van der Waals surface area contributed by atoms with E-state index < -0.39 is 30.2 Å². The van der Waals surface area contributed by atoms with Crippen LogP contribution in [0.15, 0.2) is 35.3 Å². The second-order valence-electron chi connectivity index (χ2n) is 6.67. The summed E-state index contributed by atoms with van der Waals surface area (Å²) in [5.41, 5.74) is 0.365. The molecule has 3 N–H and O–H groups in total. The lowest BCUT2D eigenvalue weighted by molar-refractivity contribution is 0.174. The molecule has 1 aliphatic heterocycles. The topological polar surface area (TPSA) is 127 Å². The van der Waals surface area contributed by atoms with Gasteiger partial charge in [-0.3, -0.25) is 9.13 Å². The summed E-state index contributed by atoms with van der Waals surface area (Å²) >= 11 is 0. The van der Waals surface area contributed by atoms with Crippen LogP contribution in [-0.4, -0.2) is 31.1 Å². The SMILES string of the molecule is O=c1[nH]c2cnc3c4c(ccc3c2n1Cc1cc(F)c(P(=O)(O)O)cc1F)OCO4. The number of rotatable bonds is 3. The van der Waals surface area contributed by atoms with Gasteiger partial charge in [-0.1, -0.05) is 0 Å². The van der Waals surface area contributed by atoms with Crippen LogP contribution in [0.3, 0.4) is 0 Å². The minimum absolute atomic E-state index is 0.0323. The Morgan fingerprint density at radius 3 is 2.77 bits per heavy atom. The molecule has 1 aliphatic rings. The Labute approximate surface area is 165 Å². The normalized spacial score (nSPS) is 13.5. The molecule has 4 aromatic rings. The molecule has 0 amide bonds. The first-order valence-electron chi connectivity index (χ1n) is 8.58. The number of pyridine rings is 1. The van der Waals surface area contributed by atoms with Crippen LogP contribution in [0.5, 0.6) is 11.5 Å². The van der Waals surface area contributed by atoms with E-state index in [4.69, 9.17) is 19.3 Å². The summed E-state index contributed by atoms with van der Waals surface area (Å²) in [5, 5.41) is -0.514. The monoisotopic (exact) mass is 435 g/mol. The Morgan fingerprint density at radius 1 is 1.20 bits per heavy atom. The van der Waals surface area contributed by atoms with E-state index >= 15 is 0 Å². The van der Waals surface area contributed by atoms with Gasteiger partial charge >= 0.3 is 13.3 Å². The Morgan fingerprint density at radius 2 is 2.00 bits per heavy atom. The van der Waals surface area contributed by atoms with Crippen molar-refractivity contribution in [1.29, 1.82) is 0 Å². The van der Waals surface area contributed by atoms with Crippen LogP contribution in [0.1, 0.15) is 5.56 Å². The van der Waals surface area contributed by atoms with Crippen LogP contribution in [0.25, 0.3) is 21.9 Å². The van der Waals surface area contributed by atoms with Crippen LogP contribution in [0.2, 0.25) is 0 Å². The maximum absolute atomic E-state index is 14.5. The van der Waals surface area contributed by atoms with Crippen molar-refractivity contribution in [1.82, 2.24) is 14.5 Å². The van der Waals surface area contributed by atoms with Crippen molar-refractivity contribution >= 4 is 34.8 Å². The summed E-state index contributed by atoms with van der Waals surface area (Å²) in [6, 6.07) is 4.45. The van der Waals surface area contributed by atoms with Crippen molar-refractivity contribution in [2.24, 2.45) is 0 Å². The van der Waals surface area contributed by atoms with Crippen LogP contribution in [0.4, 0.5) is 8.78 Å². The van der Waals surface area contributed by atoms with E-state index in [9.17, 15) is 18.1 Å². The first kappa shape index (κ1) is 18.7. The Kier molecular flexibility index (Phi) is 3.97. The lowest BCUT2D eigenvalue weighted by atomic mass is 10.1. The summed E-state index contributed by atoms with van der Waals surface area (Å²) < 4.78 is 51.9. The number of H-pyrrole nitrogens is 1. The minimum atomic E-state index is -4.99. The van der Waals surface area contributed by atoms with Gasteiger partial charge < -0.3 is 24.2 Å². The third kappa shape index (κ3) is 2.78. The summed E-state index contributed by atoms with van der Waals surface area (Å²) in [5.74, 6) is -1.40. The molecular weight excluding hydrogens is 423 g/mol. The van der Waals surface area contributed by atoms with Gasteiger partial charge in [0.05, 0.1) is 23.8 Å². The van der Waals surface area contributed by atoms with Gasteiger partial charge in [0.2, 0.25) is 6.79 Å². The molecule has 3 heterocycles. The second kappa shape index (κ2) is 6.36. The van der Waals surface area contributed by atoms with Crippen molar-refractivity contribution in [3.8, 4) is 11.5 Å². The van der Waals surface area contributed by atoms with Crippen molar-refractivity contribution in [3.05, 3.63) is 58.1 Å². The summed E-state index contributed by atoms with van der Waals surface area (Å²) in [4.78, 5) is 37.7. The van der Waals surface area contributed by atoms with E-state index in [-0.39, 0.29) is 18.9 Å². The number of aromatic nitrogens is 3. The quantitative estimate of drug-likeness (QED) is 0.419. The van der Waals surface area contributed by atoms with Crippen LogP contribution >= 0.6 is 7.60 Å². The zero-order valence-electron chi connectivity index (χ0n) is 14.9. The molecular formula is C18H12F2N3O6P. The number of nitrogens with zero attached hydrogens (tertiary/aromatic N) is 2. The average Bonchev–Trinajstić information content (AvgIpc) is 3.28. The number of benzene rings is 2. The molecule has 2 aromatic heterocycles. The van der Waals surface area contributed by atoms with Gasteiger partial charge in [-0.2, -0.15) is 0 Å². The third-order valence-corrected chi connectivity index (χ3v) is 5.83. The van der Waals surface area contributed by atoms with Gasteiger partial charge in [0.25, 0.3) is 0 Å². The minimum Gasteiger partial charge on any atom is -0.454 e. The molecule has 30 heavy (non-hydrogen) atoms. The molecule has 9 nitrogen and oxygen atoms in total. The van der Waals surface area contributed by atoms with Crippen LogP contribution < -0.4 is 20.5 Å². The summed E-state index contributed by atoms with van der Waals surface area (Å²) in [7, 11) is -4.99. The van der Waals surface area contributed by atoms with Crippen LogP contribution in [0, 0.1) is 11.6 Å². The number of aromatic amines is 1. The van der Waals surface area contributed by atoms with E-state index in [0.717, 1.165) is 0 Å². The predicted octanol–water partition coefficient (Wildman–Crippen LogP) is 1.74. The maximum Gasteiger partial charge on any atom is 0.359 e. The molecule has 2 aromatic carbocycles. The number of ether oxygens (including phenoxy) is 2. The molecule has 5 rings (SSSR count). The van der Waals surface area contributed by atoms with Gasteiger partial charge in [-0.15, -0.1) is 0 Å². The van der Waals surface area contributed by atoms with E-state index in [1.807, 2.05) is 0 Å². The summed E-state index contributed by atoms with van der Waals surface area (Å²) in [6.07, 6.45) is 1.42. The Bertz CT molecular complexity index is 1460. The fourth-order valence-electron chi connectivity index (χ4n) is 3.52. The first-order chi connectivity index (χ1) is 14.2. The van der Waals surface area contributed by atoms with E-state index in [1.165, 1.54) is 10.8 Å². The van der Waals surface area contributed by atoms with Crippen molar-refractivity contribution in [2.75, 3.05) is 6.79 Å². The van der Waals surface area contributed by atoms with E-state index in [1.54, 1.807) is 12.1 Å². The number of imidazole rings is 1. The molecule has 0 spiro atoms. The molecule has 0 fully saturated rings. The van der Waals surface area contributed by atoms with Gasteiger partial charge in [-0.05, 0) is 24.3 Å². The van der Waals surface area contributed by atoms with E-state index in [2.05, 4.69) is 9.97 Å². The fraction of sp³-hybridized carbons (Fsp3) is 0.111. The second-order valence-corrected chi connectivity index (χ2v) is 8.24.